The number of hydrogen-bond donors (Lipinski definition) is 1. The molecule has 2 saturated heterocycles. The molecule has 1 aromatic rings. The lowest BCUT2D eigenvalue weighted by molar-refractivity contribution is -0.123. The second kappa shape index (κ2) is 9.90. The maximum Gasteiger partial charge on any atom is 0.234 e. The molecule has 6 nitrogen and oxygen atoms in total. The highest BCUT2D eigenvalue weighted by molar-refractivity contribution is 5.78. The molecule has 0 spiro atoms. The summed E-state index contributed by atoms with van der Waals surface area (Å²) in [5.74, 6) is 0.832. The zero-order valence-corrected chi connectivity index (χ0v) is 15.6. The number of carbonyl (C=O) groups is 1. The van der Waals surface area contributed by atoms with Crippen LogP contribution in [0.3, 0.4) is 0 Å². The van der Waals surface area contributed by atoms with E-state index in [0.29, 0.717) is 13.1 Å². The third-order valence-electron chi connectivity index (χ3n) is 4.96. The number of amides is 1. The molecule has 0 saturated carbocycles. The van der Waals surface area contributed by atoms with Crippen LogP contribution in [0, 0.1) is 0 Å². The second-order valence-corrected chi connectivity index (χ2v) is 7.09. The van der Waals surface area contributed by atoms with Gasteiger partial charge in [-0.05, 0) is 43.4 Å². The molecule has 2 fully saturated rings. The maximum atomic E-state index is 12.5. The van der Waals surface area contributed by atoms with Crippen molar-refractivity contribution in [3.8, 4) is 5.75 Å². The molecule has 2 aliphatic rings. The Kier molecular flexibility index (Phi) is 7.29. The smallest absolute Gasteiger partial charge is 0.234 e. The van der Waals surface area contributed by atoms with Crippen molar-refractivity contribution in [3.05, 3.63) is 29.8 Å². The van der Waals surface area contributed by atoms with E-state index in [-0.39, 0.29) is 18.1 Å². The van der Waals surface area contributed by atoms with Crippen LogP contribution in [0.5, 0.6) is 5.75 Å². The van der Waals surface area contributed by atoms with Crippen molar-refractivity contribution in [3.63, 3.8) is 0 Å². The van der Waals surface area contributed by atoms with Crippen LogP contribution in [-0.2, 0) is 20.8 Å². The van der Waals surface area contributed by atoms with Crippen molar-refractivity contribution in [2.75, 3.05) is 40.0 Å². The quantitative estimate of drug-likeness (QED) is 0.728. The number of carbonyl (C=O) groups excluding carboxylic acids is 1. The van der Waals surface area contributed by atoms with Gasteiger partial charge in [-0.1, -0.05) is 12.1 Å². The minimum atomic E-state index is 0.0313. The summed E-state index contributed by atoms with van der Waals surface area (Å²) in [6.45, 7) is 4.15. The van der Waals surface area contributed by atoms with Crippen LogP contribution in [0.25, 0.3) is 0 Å². The molecule has 1 amide bonds. The minimum Gasteiger partial charge on any atom is -0.497 e. The van der Waals surface area contributed by atoms with E-state index in [9.17, 15) is 4.79 Å². The van der Waals surface area contributed by atoms with Crippen LogP contribution in [0.15, 0.2) is 24.3 Å². The van der Waals surface area contributed by atoms with Gasteiger partial charge in [0, 0.05) is 32.8 Å². The Balaban J connectivity index is 1.49. The first-order valence-electron chi connectivity index (χ1n) is 9.58. The normalized spacial score (nSPS) is 22.7. The lowest BCUT2D eigenvalue weighted by atomic mass is 10.2. The van der Waals surface area contributed by atoms with Crippen molar-refractivity contribution in [2.24, 2.45) is 0 Å². The molecule has 26 heavy (non-hydrogen) atoms. The van der Waals surface area contributed by atoms with Gasteiger partial charge in [0.25, 0.3) is 0 Å². The van der Waals surface area contributed by atoms with E-state index in [1.54, 1.807) is 7.11 Å². The van der Waals surface area contributed by atoms with Crippen LogP contribution < -0.4 is 10.1 Å². The molecule has 144 valence electrons. The van der Waals surface area contributed by atoms with E-state index in [1.165, 1.54) is 0 Å². The number of methoxy groups -OCH3 is 1. The van der Waals surface area contributed by atoms with Gasteiger partial charge in [0.2, 0.25) is 5.91 Å². The molecule has 2 aliphatic heterocycles. The van der Waals surface area contributed by atoms with E-state index < -0.39 is 0 Å². The predicted octanol–water partition coefficient (Wildman–Crippen LogP) is 1.97. The Bertz CT molecular complexity index is 551. The molecule has 0 radical (unpaired) electrons. The maximum absolute atomic E-state index is 12.5. The summed E-state index contributed by atoms with van der Waals surface area (Å²) in [4.78, 5) is 14.7. The molecule has 2 heterocycles. The molecule has 0 bridgehead atoms. The third kappa shape index (κ3) is 5.97. The van der Waals surface area contributed by atoms with Gasteiger partial charge >= 0.3 is 0 Å². The van der Waals surface area contributed by atoms with Gasteiger partial charge in [0.05, 0.1) is 25.9 Å². The van der Waals surface area contributed by atoms with Crippen LogP contribution >= 0.6 is 0 Å². The summed E-state index contributed by atoms with van der Waals surface area (Å²) < 4.78 is 16.7. The molecule has 6 heteroatoms. The summed E-state index contributed by atoms with van der Waals surface area (Å²) in [7, 11) is 1.64. The minimum absolute atomic E-state index is 0.0313. The van der Waals surface area contributed by atoms with E-state index in [0.717, 1.165) is 63.3 Å². The fourth-order valence-corrected chi connectivity index (χ4v) is 3.60. The van der Waals surface area contributed by atoms with Gasteiger partial charge in [-0.3, -0.25) is 9.69 Å². The molecule has 1 N–H and O–H groups in total. The summed E-state index contributed by atoms with van der Waals surface area (Å²) in [5.41, 5.74) is 1.03. The first-order chi connectivity index (χ1) is 12.7. The van der Waals surface area contributed by atoms with Gasteiger partial charge in [0.15, 0.2) is 0 Å². The van der Waals surface area contributed by atoms with E-state index in [1.807, 2.05) is 24.3 Å². The summed E-state index contributed by atoms with van der Waals surface area (Å²) in [6, 6.07) is 7.76. The number of nitrogens with zero attached hydrogens (tertiary/aromatic N) is 1. The first kappa shape index (κ1) is 19.1. The van der Waals surface area contributed by atoms with E-state index in [4.69, 9.17) is 14.2 Å². The number of nitrogens with one attached hydrogen (secondary N) is 1. The number of hydrogen-bond acceptors (Lipinski definition) is 5. The van der Waals surface area contributed by atoms with Crippen LogP contribution in [-0.4, -0.2) is 63.0 Å². The Morgan fingerprint density at radius 2 is 1.88 bits per heavy atom. The lowest BCUT2D eigenvalue weighted by Gasteiger charge is -2.27. The van der Waals surface area contributed by atoms with Crippen LogP contribution in [0.2, 0.25) is 0 Å². The standard InChI is InChI=1S/C20H30N2O4/c1-24-17-6-2-5-16(11-17)12-21-20(23)15-22(13-18-7-3-9-25-18)14-19-8-4-10-26-19/h2,5-6,11,18-19H,3-4,7-10,12-15H2,1H3,(H,21,23)/t18-,19-/m1/s1. The Morgan fingerprint density at radius 3 is 2.46 bits per heavy atom. The van der Waals surface area contributed by atoms with Gasteiger partial charge < -0.3 is 19.5 Å². The topological polar surface area (TPSA) is 60.0 Å². The monoisotopic (exact) mass is 362 g/mol. The van der Waals surface area contributed by atoms with Gasteiger partial charge in [-0.25, -0.2) is 0 Å². The molecule has 3 rings (SSSR count). The summed E-state index contributed by atoms with van der Waals surface area (Å²) >= 11 is 0. The molecule has 0 aliphatic carbocycles. The molecular formula is C20H30N2O4. The van der Waals surface area contributed by atoms with Crippen molar-refractivity contribution in [1.29, 1.82) is 0 Å². The van der Waals surface area contributed by atoms with E-state index in [2.05, 4.69) is 10.2 Å². The molecule has 1 aromatic carbocycles. The highest BCUT2D eigenvalue weighted by Crippen LogP contribution is 2.17. The zero-order valence-electron chi connectivity index (χ0n) is 15.6. The Hall–Kier alpha value is -1.63. The fourth-order valence-electron chi connectivity index (χ4n) is 3.60. The highest BCUT2D eigenvalue weighted by atomic mass is 16.5. The highest BCUT2D eigenvalue weighted by Gasteiger charge is 2.25. The van der Waals surface area contributed by atoms with Crippen molar-refractivity contribution in [1.82, 2.24) is 10.2 Å². The SMILES string of the molecule is COc1cccc(CNC(=O)CN(C[C@H]2CCCO2)C[C@H]2CCCO2)c1. The summed E-state index contributed by atoms with van der Waals surface area (Å²) in [6.07, 6.45) is 4.85. The molecule has 0 aromatic heterocycles. The molecular weight excluding hydrogens is 332 g/mol. The van der Waals surface area contributed by atoms with Crippen LogP contribution in [0.4, 0.5) is 0 Å². The first-order valence-corrected chi connectivity index (χ1v) is 9.58. The lowest BCUT2D eigenvalue weighted by Crippen LogP contribution is -2.43. The molecule has 0 unspecified atom stereocenters. The Labute approximate surface area is 155 Å². The Morgan fingerprint density at radius 1 is 1.19 bits per heavy atom. The van der Waals surface area contributed by atoms with Crippen molar-refractivity contribution in [2.45, 2.75) is 44.4 Å². The van der Waals surface area contributed by atoms with Crippen molar-refractivity contribution >= 4 is 5.91 Å². The van der Waals surface area contributed by atoms with E-state index >= 15 is 0 Å². The average molecular weight is 362 g/mol. The zero-order chi connectivity index (χ0) is 18.2. The van der Waals surface area contributed by atoms with Crippen molar-refractivity contribution < 1.29 is 19.0 Å². The summed E-state index contributed by atoms with van der Waals surface area (Å²) in [5, 5.41) is 3.01. The third-order valence-corrected chi connectivity index (χ3v) is 4.96. The van der Waals surface area contributed by atoms with Gasteiger partial charge in [0.1, 0.15) is 5.75 Å². The van der Waals surface area contributed by atoms with Gasteiger partial charge in [-0.15, -0.1) is 0 Å². The number of ether oxygens (including phenoxy) is 3. The van der Waals surface area contributed by atoms with Crippen LogP contribution in [0.1, 0.15) is 31.2 Å². The van der Waals surface area contributed by atoms with Gasteiger partial charge in [-0.2, -0.15) is 0 Å². The number of rotatable bonds is 9. The predicted molar refractivity (Wildman–Crippen MR) is 99.2 cm³/mol. The largest absolute Gasteiger partial charge is 0.497 e. The fraction of sp³-hybridized carbons (Fsp3) is 0.650. The second-order valence-electron chi connectivity index (χ2n) is 7.09. The molecule has 2 atom stereocenters. The average Bonchev–Trinajstić information content (AvgIpc) is 3.34. The number of benzene rings is 1.